The summed E-state index contributed by atoms with van der Waals surface area (Å²) < 4.78 is 5.69. The number of hydrogen-bond acceptors (Lipinski definition) is 4. The van der Waals surface area contributed by atoms with E-state index in [0.29, 0.717) is 31.2 Å². The maximum absolute atomic E-state index is 12.2. The van der Waals surface area contributed by atoms with Crippen LogP contribution in [0.1, 0.15) is 46.0 Å². The van der Waals surface area contributed by atoms with Crippen molar-refractivity contribution in [2.75, 3.05) is 13.1 Å². The van der Waals surface area contributed by atoms with Gasteiger partial charge in [-0.25, -0.2) is 5.84 Å². The number of nitrogens with zero attached hydrogens (tertiary/aromatic N) is 1. The van der Waals surface area contributed by atoms with Gasteiger partial charge in [-0.05, 0) is 37.5 Å². The molecule has 0 bridgehead atoms. The average Bonchev–Trinajstić information content (AvgIpc) is 2.84. The van der Waals surface area contributed by atoms with E-state index in [1.54, 1.807) is 0 Å². The van der Waals surface area contributed by atoms with E-state index in [9.17, 15) is 9.59 Å². The van der Waals surface area contributed by atoms with E-state index in [2.05, 4.69) is 19.3 Å². The molecular formula is C15H27N3O3. The average molecular weight is 297 g/mol. The zero-order valence-electron chi connectivity index (χ0n) is 13.0. The summed E-state index contributed by atoms with van der Waals surface area (Å²) in [6.07, 6.45) is 3.62. The van der Waals surface area contributed by atoms with Gasteiger partial charge in [0.05, 0.1) is 6.10 Å². The first-order chi connectivity index (χ1) is 10.0. The molecule has 21 heavy (non-hydrogen) atoms. The van der Waals surface area contributed by atoms with Crippen molar-refractivity contribution >= 4 is 11.8 Å². The number of nitrogens with one attached hydrogen (secondary N) is 1. The van der Waals surface area contributed by atoms with E-state index in [4.69, 9.17) is 10.6 Å². The Morgan fingerprint density at radius 1 is 1.38 bits per heavy atom. The highest BCUT2D eigenvalue weighted by Gasteiger charge is 2.33. The minimum atomic E-state index is -0.467. The van der Waals surface area contributed by atoms with Crippen molar-refractivity contribution in [2.24, 2.45) is 17.7 Å². The molecule has 0 radical (unpaired) electrons. The minimum Gasteiger partial charge on any atom is -0.363 e. The number of hydrazine groups is 1. The van der Waals surface area contributed by atoms with Crippen LogP contribution >= 0.6 is 0 Å². The summed E-state index contributed by atoms with van der Waals surface area (Å²) in [5, 5.41) is 0. The van der Waals surface area contributed by atoms with Gasteiger partial charge >= 0.3 is 0 Å². The fraction of sp³-hybridized carbons (Fsp3) is 0.867. The molecule has 6 nitrogen and oxygen atoms in total. The number of carbonyl (C=O) groups is 2. The number of hydrogen-bond donors (Lipinski definition) is 2. The third-order valence-corrected chi connectivity index (χ3v) is 4.76. The van der Waals surface area contributed by atoms with Crippen LogP contribution in [0.3, 0.4) is 0 Å². The van der Waals surface area contributed by atoms with Crippen molar-refractivity contribution in [1.82, 2.24) is 10.3 Å². The summed E-state index contributed by atoms with van der Waals surface area (Å²) >= 11 is 0. The molecule has 2 amide bonds. The molecule has 2 saturated heterocycles. The topological polar surface area (TPSA) is 84.7 Å². The molecule has 2 fully saturated rings. The highest BCUT2D eigenvalue weighted by molar-refractivity contribution is 5.80. The van der Waals surface area contributed by atoms with Crippen LogP contribution in [0.2, 0.25) is 0 Å². The van der Waals surface area contributed by atoms with Crippen LogP contribution in [0.5, 0.6) is 0 Å². The van der Waals surface area contributed by atoms with Crippen molar-refractivity contribution in [1.29, 1.82) is 0 Å². The molecule has 0 aromatic heterocycles. The van der Waals surface area contributed by atoms with Crippen molar-refractivity contribution in [3.8, 4) is 0 Å². The summed E-state index contributed by atoms with van der Waals surface area (Å²) in [7, 11) is 0. The van der Waals surface area contributed by atoms with Crippen LogP contribution in [0.4, 0.5) is 0 Å². The predicted octanol–water partition coefficient (Wildman–Crippen LogP) is 0.809. The van der Waals surface area contributed by atoms with Gasteiger partial charge < -0.3 is 9.64 Å². The predicted molar refractivity (Wildman–Crippen MR) is 79.0 cm³/mol. The third-order valence-electron chi connectivity index (χ3n) is 4.76. The standard InChI is InChI=1S/C15H27N3O3/c1-10(2)11-3-6-14(19)18(8-7-11)9-12-4-5-13(21-12)15(20)17-16/h10-13H,3-9,16H2,1-2H3,(H,17,20). The Balaban J connectivity index is 1.85. The maximum atomic E-state index is 12.2. The van der Waals surface area contributed by atoms with Gasteiger partial charge in [0.2, 0.25) is 5.91 Å². The Hall–Kier alpha value is -1.14. The second-order valence-electron chi connectivity index (χ2n) is 6.50. The number of ether oxygens (including phenoxy) is 1. The molecule has 0 saturated carbocycles. The molecule has 120 valence electrons. The summed E-state index contributed by atoms with van der Waals surface area (Å²) in [4.78, 5) is 25.6. The number of rotatable bonds is 4. The molecule has 0 aromatic carbocycles. The molecule has 3 unspecified atom stereocenters. The molecule has 2 aliphatic heterocycles. The Morgan fingerprint density at radius 3 is 2.81 bits per heavy atom. The van der Waals surface area contributed by atoms with Gasteiger partial charge in [-0.15, -0.1) is 0 Å². The SMILES string of the molecule is CC(C)C1CCC(=O)N(CC2CCC(C(=O)NN)O2)CC1. The molecule has 6 heteroatoms. The van der Waals surface area contributed by atoms with E-state index < -0.39 is 6.10 Å². The van der Waals surface area contributed by atoms with Gasteiger partial charge in [-0.3, -0.25) is 15.0 Å². The Bertz CT molecular complexity index is 386. The Kier molecular flexibility index (Phi) is 5.58. The van der Waals surface area contributed by atoms with Crippen molar-refractivity contribution < 1.29 is 14.3 Å². The molecular weight excluding hydrogens is 270 g/mol. The molecule has 3 atom stereocenters. The second-order valence-corrected chi connectivity index (χ2v) is 6.50. The van der Waals surface area contributed by atoms with Crippen molar-refractivity contribution in [2.45, 2.75) is 58.2 Å². The zero-order valence-corrected chi connectivity index (χ0v) is 13.0. The molecule has 0 spiro atoms. The second kappa shape index (κ2) is 7.22. The highest BCUT2D eigenvalue weighted by atomic mass is 16.5. The van der Waals surface area contributed by atoms with Crippen LogP contribution < -0.4 is 11.3 Å². The lowest BCUT2D eigenvalue weighted by Gasteiger charge is -2.25. The molecule has 3 N–H and O–H groups in total. The monoisotopic (exact) mass is 297 g/mol. The van der Waals surface area contributed by atoms with E-state index in [1.807, 2.05) is 4.90 Å². The van der Waals surface area contributed by atoms with E-state index in [-0.39, 0.29) is 17.9 Å². The van der Waals surface area contributed by atoms with Crippen LogP contribution in [-0.4, -0.2) is 42.0 Å². The summed E-state index contributed by atoms with van der Waals surface area (Å²) in [5.74, 6) is 6.31. The number of amides is 2. The van der Waals surface area contributed by atoms with Gasteiger partial charge in [-0.2, -0.15) is 0 Å². The first kappa shape index (κ1) is 16.2. The lowest BCUT2D eigenvalue weighted by atomic mass is 9.89. The summed E-state index contributed by atoms with van der Waals surface area (Å²) in [6.45, 7) is 5.84. The van der Waals surface area contributed by atoms with E-state index in [0.717, 1.165) is 25.8 Å². The first-order valence-electron chi connectivity index (χ1n) is 7.95. The number of likely N-dealkylation sites (tertiary alicyclic amines) is 1. The largest absolute Gasteiger partial charge is 0.363 e. The van der Waals surface area contributed by atoms with E-state index >= 15 is 0 Å². The van der Waals surface area contributed by atoms with Crippen molar-refractivity contribution in [3.63, 3.8) is 0 Å². The number of carbonyl (C=O) groups excluding carboxylic acids is 2. The highest BCUT2D eigenvalue weighted by Crippen LogP contribution is 2.27. The Labute approximate surface area is 126 Å². The van der Waals surface area contributed by atoms with E-state index in [1.165, 1.54) is 0 Å². The molecule has 0 aromatic rings. The summed E-state index contributed by atoms with van der Waals surface area (Å²) in [5.41, 5.74) is 2.12. The van der Waals surface area contributed by atoms with Gasteiger partial charge in [0, 0.05) is 19.5 Å². The normalized spacial score (nSPS) is 30.6. The fourth-order valence-electron chi connectivity index (χ4n) is 3.29. The first-order valence-corrected chi connectivity index (χ1v) is 7.95. The van der Waals surface area contributed by atoms with Crippen LogP contribution in [0.25, 0.3) is 0 Å². The summed E-state index contributed by atoms with van der Waals surface area (Å²) in [6, 6.07) is 0. The van der Waals surface area contributed by atoms with Crippen LogP contribution in [0.15, 0.2) is 0 Å². The number of nitrogens with two attached hydrogens (primary N) is 1. The van der Waals surface area contributed by atoms with Crippen molar-refractivity contribution in [3.05, 3.63) is 0 Å². The Morgan fingerprint density at radius 2 is 2.14 bits per heavy atom. The molecule has 0 aliphatic carbocycles. The zero-order chi connectivity index (χ0) is 15.4. The maximum Gasteiger partial charge on any atom is 0.263 e. The molecule has 2 aliphatic rings. The van der Waals surface area contributed by atoms with Gasteiger partial charge in [-0.1, -0.05) is 13.8 Å². The quantitative estimate of drug-likeness (QED) is 0.457. The minimum absolute atomic E-state index is 0.0492. The fourth-order valence-corrected chi connectivity index (χ4v) is 3.29. The molecule has 2 rings (SSSR count). The lowest BCUT2D eigenvalue weighted by molar-refractivity contribution is -0.135. The van der Waals surface area contributed by atoms with Crippen LogP contribution in [-0.2, 0) is 14.3 Å². The smallest absolute Gasteiger partial charge is 0.263 e. The van der Waals surface area contributed by atoms with Crippen LogP contribution in [0, 0.1) is 11.8 Å². The molecule has 2 heterocycles. The third kappa shape index (κ3) is 4.17. The lowest BCUT2D eigenvalue weighted by Crippen LogP contribution is -2.41. The van der Waals surface area contributed by atoms with Gasteiger partial charge in [0.25, 0.3) is 5.91 Å². The van der Waals surface area contributed by atoms with Gasteiger partial charge in [0.1, 0.15) is 6.10 Å². The van der Waals surface area contributed by atoms with Gasteiger partial charge in [0.15, 0.2) is 0 Å².